The molecule has 0 bridgehead atoms. The van der Waals surface area contributed by atoms with Crippen molar-refractivity contribution in [2.45, 2.75) is 26.2 Å². The van der Waals surface area contributed by atoms with Gasteiger partial charge in [-0.1, -0.05) is 6.07 Å². The van der Waals surface area contributed by atoms with Gasteiger partial charge in [-0.15, -0.1) is 0 Å². The molecular weight excluding hydrogens is 192 g/mol. The highest BCUT2D eigenvalue weighted by Gasteiger charge is 2.16. The zero-order chi connectivity index (χ0) is 10.8. The molecule has 0 aliphatic heterocycles. The minimum absolute atomic E-state index is 0.252. The number of ether oxygens (including phenoxy) is 1. The molecule has 2 rings (SSSR count). The van der Waals surface area contributed by atoms with Crippen molar-refractivity contribution in [1.29, 1.82) is 0 Å². The number of aryl methyl sites for hydroxylation is 1. The van der Waals surface area contributed by atoms with E-state index < -0.39 is 0 Å². The van der Waals surface area contributed by atoms with E-state index in [2.05, 4.69) is 0 Å². The Morgan fingerprint density at radius 3 is 2.80 bits per heavy atom. The van der Waals surface area contributed by atoms with E-state index in [1.54, 1.807) is 12.1 Å². The third kappa shape index (κ3) is 2.24. The van der Waals surface area contributed by atoms with Crippen molar-refractivity contribution in [3.05, 3.63) is 29.3 Å². The van der Waals surface area contributed by atoms with Crippen LogP contribution in [0.4, 0.5) is 0 Å². The van der Waals surface area contributed by atoms with E-state index in [0.29, 0.717) is 18.6 Å². The maximum atomic E-state index is 11.3. The Bertz CT molecular complexity index is 421. The molecule has 0 atom stereocenters. The molecule has 0 amide bonds. The molecule has 0 fully saturated rings. The lowest BCUT2D eigenvalue weighted by Gasteiger charge is -2.15. The molecule has 78 valence electrons. The van der Waals surface area contributed by atoms with Crippen LogP contribution in [0.3, 0.4) is 0 Å². The fourth-order valence-corrected chi connectivity index (χ4v) is 1.82. The lowest BCUT2D eigenvalue weighted by Crippen LogP contribution is -2.13. The highest BCUT2D eigenvalue weighted by atomic mass is 16.5. The van der Waals surface area contributed by atoms with Crippen LogP contribution in [-0.2, 0) is 22.4 Å². The number of benzene rings is 1. The maximum absolute atomic E-state index is 11.3. The van der Waals surface area contributed by atoms with E-state index in [1.807, 2.05) is 6.07 Å². The summed E-state index contributed by atoms with van der Waals surface area (Å²) < 4.78 is 4.97. The first-order valence-electron chi connectivity index (χ1n) is 4.97. The second kappa shape index (κ2) is 3.85. The van der Waals surface area contributed by atoms with Gasteiger partial charge >= 0.3 is 5.97 Å². The summed E-state index contributed by atoms with van der Waals surface area (Å²) in [6.07, 6.45) is 1.89. The first-order chi connectivity index (χ1) is 7.15. The van der Waals surface area contributed by atoms with Crippen molar-refractivity contribution in [3.63, 3.8) is 0 Å². The Hall–Kier alpha value is -1.64. The highest BCUT2D eigenvalue weighted by Crippen LogP contribution is 2.23. The monoisotopic (exact) mass is 204 g/mol. The van der Waals surface area contributed by atoms with E-state index in [0.717, 1.165) is 12.0 Å². The molecule has 0 saturated heterocycles. The van der Waals surface area contributed by atoms with Gasteiger partial charge in [0.05, 0.1) is 0 Å². The van der Waals surface area contributed by atoms with Crippen LogP contribution in [0.5, 0.6) is 5.75 Å². The second-order valence-electron chi connectivity index (χ2n) is 3.74. The molecule has 0 radical (unpaired) electrons. The fraction of sp³-hybridized carbons (Fsp3) is 0.333. The first kappa shape index (κ1) is 9.90. The number of fused-ring (bicyclic) bond motifs is 1. The molecule has 0 unspecified atom stereocenters. The van der Waals surface area contributed by atoms with Gasteiger partial charge in [0, 0.05) is 19.8 Å². The third-order valence-corrected chi connectivity index (χ3v) is 2.50. The smallest absolute Gasteiger partial charge is 0.308 e. The highest BCUT2D eigenvalue weighted by molar-refractivity contribution is 5.83. The van der Waals surface area contributed by atoms with Gasteiger partial charge in [-0.2, -0.15) is 0 Å². The molecule has 0 N–H and O–H groups in total. The van der Waals surface area contributed by atoms with Crippen LogP contribution in [-0.4, -0.2) is 11.8 Å². The number of ketones is 1. The number of rotatable bonds is 1. The molecule has 0 spiro atoms. The van der Waals surface area contributed by atoms with Gasteiger partial charge in [-0.25, -0.2) is 0 Å². The Kier molecular flexibility index (Phi) is 2.54. The summed E-state index contributed by atoms with van der Waals surface area (Å²) in [6.45, 7) is 1.37. The Morgan fingerprint density at radius 2 is 2.07 bits per heavy atom. The second-order valence-corrected chi connectivity index (χ2v) is 3.74. The molecule has 0 heterocycles. The molecule has 0 saturated carbocycles. The van der Waals surface area contributed by atoms with Crippen molar-refractivity contribution in [2.24, 2.45) is 0 Å². The molecule has 0 aromatic heterocycles. The summed E-state index contributed by atoms with van der Waals surface area (Å²) in [7, 11) is 0. The summed E-state index contributed by atoms with van der Waals surface area (Å²) >= 11 is 0. The Balaban J connectivity index is 2.28. The zero-order valence-electron chi connectivity index (χ0n) is 8.58. The van der Waals surface area contributed by atoms with Gasteiger partial charge in [-0.05, 0) is 29.7 Å². The number of carbonyl (C=O) groups is 2. The summed E-state index contributed by atoms with van der Waals surface area (Å²) in [6, 6.07) is 5.49. The average molecular weight is 204 g/mol. The van der Waals surface area contributed by atoms with Crippen LogP contribution < -0.4 is 4.74 Å². The number of Topliss-reactive ketones (excluding diaryl/α,β-unsaturated/α-hetero) is 1. The predicted molar refractivity (Wildman–Crippen MR) is 54.8 cm³/mol. The summed E-state index contributed by atoms with van der Waals surface area (Å²) in [5, 5.41) is 0. The lowest BCUT2D eigenvalue weighted by atomic mass is 9.91. The molecule has 15 heavy (non-hydrogen) atoms. The van der Waals surface area contributed by atoms with Crippen molar-refractivity contribution in [3.8, 4) is 5.75 Å². The largest absolute Gasteiger partial charge is 0.427 e. The predicted octanol–water partition coefficient (Wildman–Crippen LogP) is 1.67. The van der Waals surface area contributed by atoms with Crippen LogP contribution in [0.15, 0.2) is 18.2 Å². The standard InChI is InChI=1S/C12H12O3/c1-8(13)15-12-5-3-9-2-4-11(14)6-10(9)7-12/h3,5,7H,2,4,6H2,1H3. The third-order valence-electron chi connectivity index (χ3n) is 2.50. The quantitative estimate of drug-likeness (QED) is 0.516. The Labute approximate surface area is 88.1 Å². The normalized spacial score (nSPS) is 14.6. The van der Waals surface area contributed by atoms with E-state index in [9.17, 15) is 9.59 Å². The maximum Gasteiger partial charge on any atom is 0.308 e. The molecule has 1 aromatic rings. The number of hydrogen-bond acceptors (Lipinski definition) is 3. The molecule has 1 aliphatic carbocycles. The van der Waals surface area contributed by atoms with Crippen molar-refractivity contribution >= 4 is 11.8 Å². The minimum Gasteiger partial charge on any atom is -0.427 e. The summed E-state index contributed by atoms with van der Waals surface area (Å²) in [4.78, 5) is 22.0. The SMILES string of the molecule is CC(=O)Oc1ccc2c(c1)CC(=O)CC2. The molecule has 1 aliphatic rings. The lowest BCUT2D eigenvalue weighted by molar-refractivity contribution is -0.131. The fourth-order valence-electron chi connectivity index (χ4n) is 1.82. The van der Waals surface area contributed by atoms with Crippen LogP contribution in [0.2, 0.25) is 0 Å². The number of esters is 1. The molecular formula is C12H12O3. The van der Waals surface area contributed by atoms with Crippen LogP contribution in [0.25, 0.3) is 0 Å². The summed E-state index contributed by atoms with van der Waals surface area (Å²) in [5.41, 5.74) is 2.18. The van der Waals surface area contributed by atoms with Gasteiger partial charge in [0.1, 0.15) is 11.5 Å². The summed E-state index contributed by atoms with van der Waals surface area (Å²) in [5.74, 6) is 0.440. The van der Waals surface area contributed by atoms with Gasteiger partial charge < -0.3 is 4.74 Å². The Morgan fingerprint density at radius 1 is 1.27 bits per heavy atom. The van der Waals surface area contributed by atoms with Gasteiger partial charge in [-0.3, -0.25) is 9.59 Å². The van der Waals surface area contributed by atoms with Crippen molar-refractivity contribution in [2.75, 3.05) is 0 Å². The number of hydrogen-bond donors (Lipinski definition) is 0. The van der Waals surface area contributed by atoms with E-state index in [4.69, 9.17) is 4.74 Å². The topological polar surface area (TPSA) is 43.4 Å². The molecule has 1 aromatic carbocycles. The van der Waals surface area contributed by atoms with Crippen molar-refractivity contribution < 1.29 is 14.3 Å². The van der Waals surface area contributed by atoms with Crippen LogP contribution in [0, 0.1) is 0 Å². The van der Waals surface area contributed by atoms with Crippen molar-refractivity contribution in [1.82, 2.24) is 0 Å². The van der Waals surface area contributed by atoms with Crippen LogP contribution in [0.1, 0.15) is 24.5 Å². The average Bonchev–Trinajstić information content (AvgIpc) is 2.16. The molecule has 3 heteroatoms. The first-order valence-corrected chi connectivity index (χ1v) is 4.97. The number of carbonyl (C=O) groups excluding carboxylic acids is 2. The zero-order valence-corrected chi connectivity index (χ0v) is 8.58. The van der Waals surface area contributed by atoms with Gasteiger partial charge in [0.25, 0.3) is 0 Å². The van der Waals surface area contributed by atoms with E-state index in [-0.39, 0.29) is 11.8 Å². The minimum atomic E-state index is -0.336. The molecule has 3 nitrogen and oxygen atoms in total. The van der Waals surface area contributed by atoms with Gasteiger partial charge in [0.2, 0.25) is 0 Å². The van der Waals surface area contributed by atoms with Crippen LogP contribution >= 0.6 is 0 Å². The van der Waals surface area contributed by atoms with E-state index in [1.165, 1.54) is 12.5 Å². The van der Waals surface area contributed by atoms with E-state index >= 15 is 0 Å². The van der Waals surface area contributed by atoms with Gasteiger partial charge in [0.15, 0.2) is 0 Å².